The van der Waals surface area contributed by atoms with Gasteiger partial charge in [0.05, 0.1) is 23.5 Å². The van der Waals surface area contributed by atoms with Gasteiger partial charge < -0.3 is 24.8 Å². The van der Waals surface area contributed by atoms with Crippen molar-refractivity contribution < 1.29 is 27.9 Å². The number of hydrogen-bond donors (Lipinski definition) is 2. The Kier molecular flexibility index (Phi) is 6.62. The zero-order valence-electron chi connectivity index (χ0n) is 24.3. The quantitative estimate of drug-likeness (QED) is 0.463. The minimum absolute atomic E-state index is 0.123. The first-order valence-corrected chi connectivity index (χ1v) is 12.0. The minimum Gasteiger partial charge on any atom is -0.480 e. The highest BCUT2D eigenvalue weighted by molar-refractivity contribution is 6.00. The van der Waals surface area contributed by atoms with Gasteiger partial charge >= 0.3 is 6.09 Å². The summed E-state index contributed by atoms with van der Waals surface area (Å²) in [5.74, 6) is -0.152. The highest BCUT2D eigenvalue weighted by Crippen LogP contribution is 2.28. The summed E-state index contributed by atoms with van der Waals surface area (Å²) in [6.07, 6.45) is 4.88. The lowest BCUT2D eigenvalue weighted by atomic mass is 10.2. The zero-order chi connectivity index (χ0) is 29.1. The van der Waals surface area contributed by atoms with Crippen molar-refractivity contribution in [3.05, 3.63) is 36.2 Å². The Balaban J connectivity index is 1.69. The van der Waals surface area contributed by atoms with Crippen molar-refractivity contribution in [1.82, 2.24) is 24.9 Å². The fourth-order valence-electron chi connectivity index (χ4n) is 3.85. The molecule has 0 aromatic carbocycles. The number of nitrogens with one attached hydrogen (secondary N) is 2. The van der Waals surface area contributed by atoms with Crippen molar-refractivity contribution in [2.75, 3.05) is 37.5 Å². The van der Waals surface area contributed by atoms with Crippen molar-refractivity contribution in [3.8, 4) is 5.88 Å². The number of nitrogens with zero attached hydrogens (tertiary/aromatic N) is 5. The molecule has 3 aromatic rings. The van der Waals surface area contributed by atoms with Crippen LogP contribution in [0.15, 0.2) is 30.6 Å². The second-order valence-electron chi connectivity index (χ2n) is 9.60. The van der Waals surface area contributed by atoms with E-state index in [-0.39, 0.29) is 40.5 Å². The molecule has 1 aliphatic heterocycles. The number of pyridine rings is 1. The SMILES string of the molecule is [2H]C([2H])([2H])Oc1ncccc1Nc1cc(N(C)C(=O)OC(C)(C)C)n2ncc(C(=O)NCCC3CCCO3)c2n1. The largest absolute Gasteiger partial charge is 0.480 e. The maximum Gasteiger partial charge on any atom is 0.415 e. The van der Waals surface area contributed by atoms with Gasteiger partial charge in [-0.1, -0.05) is 0 Å². The maximum atomic E-state index is 13.1. The van der Waals surface area contributed by atoms with E-state index < -0.39 is 24.6 Å². The number of anilines is 3. The van der Waals surface area contributed by atoms with Gasteiger partial charge in [0.1, 0.15) is 28.5 Å². The summed E-state index contributed by atoms with van der Waals surface area (Å²) < 4.78 is 39.8. The predicted molar refractivity (Wildman–Crippen MR) is 138 cm³/mol. The van der Waals surface area contributed by atoms with Crippen LogP contribution in [0, 0.1) is 0 Å². The number of rotatable bonds is 8. The summed E-state index contributed by atoms with van der Waals surface area (Å²) in [7, 11) is -1.23. The Labute approximate surface area is 219 Å². The molecule has 0 saturated carbocycles. The van der Waals surface area contributed by atoms with Crippen LogP contribution in [0.3, 0.4) is 0 Å². The summed E-state index contributed by atoms with van der Waals surface area (Å²) in [6, 6.07) is 4.66. The monoisotopic (exact) mass is 514 g/mol. The van der Waals surface area contributed by atoms with Crippen LogP contribution in [0.2, 0.25) is 0 Å². The second-order valence-corrected chi connectivity index (χ2v) is 9.60. The molecule has 4 rings (SSSR count). The van der Waals surface area contributed by atoms with Gasteiger partial charge in [-0.2, -0.15) is 9.61 Å². The van der Waals surface area contributed by atoms with Crippen molar-refractivity contribution >= 4 is 35.0 Å². The topological polar surface area (TPSA) is 132 Å². The fraction of sp³-hybridized carbons (Fsp3) is 0.480. The first kappa shape index (κ1) is 22.3. The molecule has 0 bridgehead atoms. The first-order valence-electron chi connectivity index (χ1n) is 13.5. The Morgan fingerprint density at radius 1 is 1.38 bits per heavy atom. The number of carbonyl (C=O) groups is 2. The van der Waals surface area contributed by atoms with Gasteiger partial charge in [0.25, 0.3) is 5.91 Å². The highest BCUT2D eigenvalue weighted by atomic mass is 16.6. The molecule has 2 amide bonds. The summed E-state index contributed by atoms with van der Waals surface area (Å²) in [5.41, 5.74) is -0.204. The average Bonchev–Trinajstić information content (AvgIpc) is 3.52. The van der Waals surface area contributed by atoms with Crippen LogP contribution in [0.1, 0.15) is 54.5 Å². The van der Waals surface area contributed by atoms with Crippen LogP contribution >= 0.6 is 0 Å². The van der Waals surface area contributed by atoms with E-state index in [9.17, 15) is 9.59 Å². The van der Waals surface area contributed by atoms with Crippen LogP contribution in [0.4, 0.5) is 22.1 Å². The lowest BCUT2D eigenvalue weighted by Gasteiger charge is -2.25. The molecule has 37 heavy (non-hydrogen) atoms. The molecule has 4 heterocycles. The molecule has 1 saturated heterocycles. The van der Waals surface area contributed by atoms with Crippen LogP contribution in [-0.4, -0.2) is 70.5 Å². The van der Waals surface area contributed by atoms with E-state index in [1.165, 1.54) is 34.9 Å². The Bertz CT molecular complexity index is 1370. The van der Waals surface area contributed by atoms with Crippen LogP contribution in [0.25, 0.3) is 5.65 Å². The molecule has 12 heteroatoms. The van der Waals surface area contributed by atoms with Gasteiger partial charge in [-0.05, 0) is 52.2 Å². The van der Waals surface area contributed by atoms with E-state index in [1.807, 2.05) is 0 Å². The fourth-order valence-corrected chi connectivity index (χ4v) is 3.85. The van der Waals surface area contributed by atoms with Crippen molar-refractivity contribution in [3.63, 3.8) is 0 Å². The Hall–Kier alpha value is -3.93. The van der Waals surface area contributed by atoms with Gasteiger partial charge in [0, 0.05) is 32.5 Å². The molecular formula is C25H33N7O5. The Morgan fingerprint density at radius 3 is 2.95 bits per heavy atom. The van der Waals surface area contributed by atoms with Crippen LogP contribution < -0.4 is 20.3 Å². The molecule has 1 fully saturated rings. The number of methoxy groups -OCH3 is 1. The van der Waals surface area contributed by atoms with E-state index in [0.717, 1.165) is 19.4 Å². The number of ether oxygens (including phenoxy) is 3. The third-order valence-corrected chi connectivity index (χ3v) is 5.62. The third-order valence-electron chi connectivity index (χ3n) is 5.62. The van der Waals surface area contributed by atoms with Crippen LogP contribution in [-0.2, 0) is 9.47 Å². The van der Waals surface area contributed by atoms with Gasteiger partial charge in [0.2, 0.25) is 5.88 Å². The smallest absolute Gasteiger partial charge is 0.415 e. The number of amides is 2. The summed E-state index contributed by atoms with van der Waals surface area (Å²) in [6.45, 7) is 6.38. The minimum atomic E-state index is -2.73. The number of aromatic nitrogens is 4. The molecule has 0 radical (unpaired) electrons. The first-order chi connectivity index (χ1) is 18.8. The van der Waals surface area contributed by atoms with Crippen molar-refractivity contribution in [1.29, 1.82) is 0 Å². The third kappa shape index (κ3) is 6.26. The number of fused-ring (bicyclic) bond motifs is 1. The van der Waals surface area contributed by atoms with Gasteiger partial charge in [0.15, 0.2) is 5.65 Å². The lowest BCUT2D eigenvalue weighted by Crippen LogP contribution is -2.35. The average molecular weight is 515 g/mol. The standard InChI is InChI=1S/C25H33N7O5/c1-25(2,3)37-24(34)31(4)20-14-19(29-18-9-6-11-27-23(18)35-5)30-21-17(15-28-32(20)21)22(33)26-12-10-16-8-7-13-36-16/h6,9,11,14-16H,7-8,10,12-13H2,1-5H3,(H,26,33)(H,29,30)/i5D3. The van der Waals surface area contributed by atoms with E-state index in [2.05, 4.69) is 25.7 Å². The number of carbonyl (C=O) groups excluding carboxylic acids is 2. The molecule has 0 spiro atoms. The summed E-state index contributed by atoms with van der Waals surface area (Å²) in [5, 5.41) is 10.2. The molecule has 12 nitrogen and oxygen atoms in total. The van der Waals surface area contributed by atoms with Gasteiger partial charge in [-0.15, -0.1) is 0 Å². The van der Waals surface area contributed by atoms with Gasteiger partial charge in [-0.3, -0.25) is 9.69 Å². The normalized spacial score (nSPS) is 17.0. The number of hydrogen-bond acceptors (Lipinski definition) is 9. The van der Waals surface area contributed by atoms with Crippen molar-refractivity contribution in [2.24, 2.45) is 0 Å². The zero-order valence-corrected chi connectivity index (χ0v) is 21.3. The van der Waals surface area contributed by atoms with E-state index in [0.29, 0.717) is 13.0 Å². The molecular weight excluding hydrogens is 478 g/mol. The molecule has 0 aliphatic carbocycles. The van der Waals surface area contributed by atoms with E-state index >= 15 is 0 Å². The van der Waals surface area contributed by atoms with E-state index in [1.54, 1.807) is 32.9 Å². The lowest BCUT2D eigenvalue weighted by molar-refractivity contribution is 0.0587. The Morgan fingerprint density at radius 2 is 2.22 bits per heavy atom. The molecule has 1 aliphatic rings. The predicted octanol–water partition coefficient (Wildman–Crippen LogP) is 3.55. The molecule has 3 aromatic heterocycles. The summed E-state index contributed by atoms with van der Waals surface area (Å²) >= 11 is 0. The molecule has 198 valence electrons. The summed E-state index contributed by atoms with van der Waals surface area (Å²) in [4.78, 5) is 35.8. The maximum absolute atomic E-state index is 13.1. The van der Waals surface area contributed by atoms with Crippen molar-refractivity contribution in [2.45, 2.75) is 51.7 Å². The molecule has 1 unspecified atom stereocenters. The molecule has 2 N–H and O–H groups in total. The van der Waals surface area contributed by atoms with E-state index in [4.69, 9.17) is 18.3 Å². The van der Waals surface area contributed by atoms with Crippen LogP contribution in [0.5, 0.6) is 5.88 Å². The van der Waals surface area contributed by atoms with Gasteiger partial charge in [-0.25, -0.2) is 14.8 Å². The highest BCUT2D eigenvalue weighted by Gasteiger charge is 2.25. The molecule has 1 atom stereocenters. The second kappa shape index (κ2) is 11.0.